The molecule has 0 aromatic rings. The Kier molecular flexibility index (Phi) is 4.41. The van der Waals surface area contributed by atoms with Crippen molar-refractivity contribution < 1.29 is 13.6 Å². The number of alkyl halides is 2. The van der Waals surface area contributed by atoms with E-state index in [9.17, 15) is 13.6 Å². The van der Waals surface area contributed by atoms with Crippen LogP contribution in [0.25, 0.3) is 0 Å². The van der Waals surface area contributed by atoms with Crippen LogP contribution >= 0.6 is 0 Å². The molecule has 0 amide bonds. The minimum Gasteiger partial charge on any atom is -0.300 e. The van der Waals surface area contributed by atoms with Gasteiger partial charge in [0.1, 0.15) is 5.78 Å². The maximum atomic E-state index is 11.2. The number of rotatable bonds is 4. The highest BCUT2D eigenvalue weighted by Crippen LogP contribution is 1.89. The zero-order valence-electron chi connectivity index (χ0n) is 4.49. The van der Waals surface area contributed by atoms with Crippen LogP contribution in [0.4, 0.5) is 8.78 Å². The van der Waals surface area contributed by atoms with Crippen LogP contribution in [0.3, 0.4) is 0 Å². The quantitative estimate of drug-likeness (QED) is 0.548. The van der Waals surface area contributed by atoms with Crippen molar-refractivity contribution in [2.45, 2.75) is 12.8 Å². The van der Waals surface area contributed by atoms with Crippen molar-refractivity contribution in [3.8, 4) is 0 Å². The third kappa shape index (κ3) is 3.71. The van der Waals surface area contributed by atoms with Crippen molar-refractivity contribution in [3.63, 3.8) is 0 Å². The first-order chi connectivity index (χ1) is 3.81. The highest BCUT2D eigenvalue weighted by Gasteiger charge is 1.98. The summed E-state index contributed by atoms with van der Waals surface area (Å²) < 4.78 is 22.4. The molecule has 0 spiro atoms. The van der Waals surface area contributed by atoms with Crippen LogP contribution < -0.4 is 0 Å². The molecule has 0 aliphatic heterocycles. The van der Waals surface area contributed by atoms with Gasteiger partial charge in [-0.1, -0.05) is 0 Å². The molecule has 0 aromatic carbocycles. The van der Waals surface area contributed by atoms with E-state index in [2.05, 4.69) is 0 Å². The van der Waals surface area contributed by atoms with Gasteiger partial charge in [-0.05, 0) is 0 Å². The molecule has 0 aliphatic rings. The van der Waals surface area contributed by atoms with Crippen LogP contribution in [-0.2, 0) is 4.79 Å². The van der Waals surface area contributed by atoms with Crippen LogP contribution in [0.1, 0.15) is 12.8 Å². The summed E-state index contributed by atoms with van der Waals surface area (Å²) >= 11 is 0. The Balaban J connectivity index is 3.06. The van der Waals surface area contributed by atoms with E-state index in [0.29, 0.717) is 0 Å². The van der Waals surface area contributed by atoms with Gasteiger partial charge in [-0.2, -0.15) is 0 Å². The minimum atomic E-state index is -0.668. The van der Waals surface area contributed by atoms with Gasteiger partial charge in [0.05, 0.1) is 13.3 Å². The van der Waals surface area contributed by atoms with Gasteiger partial charge >= 0.3 is 0 Å². The van der Waals surface area contributed by atoms with Gasteiger partial charge < -0.3 is 0 Å². The second-order valence-corrected chi connectivity index (χ2v) is 1.42. The number of ketones is 1. The maximum absolute atomic E-state index is 11.2. The molecule has 0 aromatic heterocycles. The summed E-state index contributed by atoms with van der Waals surface area (Å²) in [6.45, 7) is -1.34. The monoisotopic (exact) mass is 122 g/mol. The molecule has 3 heteroatoms. The molecule has 0 radical (unpaired) electrons. The average Bonchev–Trinajstić information content (AvgIpc) is 1.68. The van der Waals surface area contributed by atoms with Crippen molar-refractivity contribution in [3.05, 3.63) is 0 Å². The first-order valence-electron chi connectivity index (χ1n) is 2.45. The molecular weight excluding hydrogens is 114 g/mol. The Bertz CT molecular complexity index is 64.8. The van der Waals surface area contributed by atoms with Crippen LogP contribution in [0, 0.1) is 0 Å². The Hall–Kier alpha value is -0.470. The average molecular weight is 122 g/mol. The standard InChI is InChI=1S/C5H8F2O/c6-3-1-5(8)2-4-7/h1-4H2. The molecule has 0 atom stereocenters. The number of Topliss-reactive ketones (excluding diaryl/α,β-unsaturated/α-hetero) is 1. The number of carbonyl (C=O) groups is 1. The van der Waals surface area contributed by atoms with Crippen LogP contribution in [0.2, 0.25) is 0 Å². The lowest BCUT2D eigenvalue weighted by atomic mass is 10.2. The zero-order chi connectivity index (χ0) is 6.41. The first kappa shape index (κ1) is 7.53. The van der Waals surface area contributed by atoms with Crippen molar-refractivity contribution in [1.29, 1.82) is 0 Å². The molecule has 0 saturated heterocycles. The number of hydrogen-bond donors (Lipinski definition) is 0. The maximum Gasteiger partial charge on any atom is 0.138 e. The summed E-state index contributed by atoms with van der Waals surface area (Å²) in [4.78, 5) is 10.2. The van der Waals surface area contributed by atoms with E-state index < -0.39 is 13.3 Å². The lowest BCUT2D eigenvalue weighted by Crippen LogP contribution is -1.98. The smallest absolute Gasteiger partial charge is 0.138 e. The van der Waals surface area contributed by atoms with Gasteiger partial charge in [-0.3, -0.25) is 13.6 Å². The first-order valence-corrected chi connectivity index (χ1v) is 2.45. The summed E-state index contributed by atoms with van der Waals surface area (Å²) in [6, 6.07) is 0. The normalized spacial score (nSPS) is 9.25. The number of hydrogen-bond acceptors (Lipinski definition) is 1. The second kappa shape index (κ2) is 4.68. The van der Waals surface area contributed by atoms with E-state index in [4.69, 9.17) is 0 Å². The molecule has 48 valence electrons. The fraction of sp³-hybridized carbons (Fsp3) is 0.800. The third-order valence-electron chi connectivity index (χ3n) is 0.747. The second-order valence-electron chi connectivity index (χ2n) is 1.42. The van der Waals surface area contributed by atoms with E-state index in [1.54, 1.807) is 0 Å². The molecular formula is C5H8F2O. The molecule has 0 aliphatic carbocycles. The third-order valence-corrected chi connectivity index (χ3v) is 0.747. The van der Waals surface area contributed by atoms with Crippen molar-refractivity contribution in [1.82, 2.24) is 0 Å². The molecule has 0 rings (SSSR count). The fourth-order valence-corrected chi connectivity index (χ4v) is 0.336. The Labute approximate surface area is 46.7 Å². The van der Waals surface area contributed by atoms with Gasteiger partial charge in [0.2, 0.25) is 0 Å². The number of carbonyl (C=O) groups excluding carboxylic acids is 1. The van der Waals surface area contributed by atoms with Gasteiger partial charge in [-0.15, -0.1) is 0 Å². The Morgan fingerprint density at radius 3 is 1.75 bits per heavy atom. The lowest BCUT2D eigenvalue weighted by molar-refractivity contribution is -0.119. The lowest BCUT2D eigenvalue weighted by Gasteiger charge is -1.88. The van der Waals surface area contributed by atoms with Gasteiger partial charge in [0, 0.05) is 12.8 Å². The fourth-order valence-electron chi connectivity index (χ4n) is 0.336. The van der Waals surface area contributed by atoms with Gasteiger partial charge in [0.25, 0.3) is 0 Å². The summed E-state index contributed by atoms with van der Waals surface area (Å²) in [5.74, 6) is -0.338. The molecule has 0 bridgehead atoms. The van der Waals surface area contributed by atoms with Crippen molar-refractivity contribution in [2.24, 2.45) is 0 Å². The SMILES string of the molecule is O=C(CCF)CCF. The molecule has 0 saturated carbocycles. The largest absolute Gasteiger partial charge is 0.300 e. The van der Waals surface area contributed by atoms with Gasteiger partial charge in [0.15, 0.2) is 0 Å². The molecule has 1 nitrogen and oxygen atoms in total. The van der Waals surface area contributed by atoms with Crippen LogP contribution in [0.15, 0.2) is 0 Å². The highest BCUT2D eigenvalue weighted by molar-refractivity contribution is 5.78. The molecule has 8 heavy (non-hydrogen) atoms. The summed E-state index contributed by atoms with van der Waals surface area (Å²) in [7, 11) is 0. The van der Waals surface area contributed by atoms with Crippen LogP contribution in [0.5, 0.6) is 0 Å². The highest BCUT2D eigenvalue weighted by atomic mass is 19.1. The van der Waals surface area contributed by atoms with E-state index in [-0.39, 0.29) is 18.6 Å². The minimum absolute atomic E-state index is 0.135. The summed E-state index contributed by atoms with van der Waals surface area (Å²) in [6.07, 6.45) is -0.270. The molecule has 0 fully saturated rings. The Morgan fingerprint density at radius 1 is 1.12 bits per heavy atom. The van der Waals surface area contributed by atoms with Crippen molar-refractivity contribution in [2.75, 3.05) is 13.3 Å². The predicted molar refractivity (Wildman–Crippen MR) is 26.2 cm³/mol. The number of halogens is 2. The van der Waals surface area contributed by atoms with Crippen LogP contribution in [-0.4, -0.2) is 19.1 Å². The van der Waals surface area contributed by atoms with E-state index in [1.165, 1.54) is 0 Å². The van der Waals surface area contributed by atoms with Gasteiger partial charge in [-0.25, -0.2) is 0 Å². The topological polar surface area (TPSA) is 17.1 Å². The summed E-state index contributed by atoms with van der Waals surface area (Å²) in [5, 5.41) is 0. The zero-order valence-corrected chi connectivity index (χ0v) is 4.49. The van der Waals surface area contributed by atoms with E-state index in [1.807, 2.05) is 0 Å². The van der Waals surface area contributed by atoms with E-state index in [0.717, 1.165) is 0 Å². The van der Waals surface area contributed by atoms with E-state index >= 15 is 0 Å². The Morgan fingerprint density at radius 2 is 1.50 bits per heavy atom. The molecule has 0 N–H and O–H groups in total. The molecule has 0 heterocycles. The predicted octanol–water partition coefficient (Wildman–Crippen LogP) is 1.27. The summed E-state index contributed by atoms with van der Waals surface area (Å²) in [5.41, 5.74) is 0. The van der Waals surface area contributed by atoms with Crippen molar-refractivity contribution >= 4 is 5.78 Å². The molecule has 0 unspecified atom stereocenters.